The van der Waals surface area contributed by atoms with E-state index in [4.69, 9.17) is 9.84 Å². The van der Waals surface area contributed by atoms with Crippen molar-refractivity contribution in [3.63, 3.8) is 0 Å². The molecule has 0 saturated carbocycles. The molecule has 1 rings (SSSR count). The van der Waals surface area contributed by atoms with Crippen LogP contribution < -0.4 is 0 Å². The molecule has 0 aromatic heterocycles. The molecule has 0 bridgehead atoms. The van der Waals surface area contributed by atoms with Crippen LogP contribution in [0.1, 0.15) is 51.9 Å². The second-order valence-electron chi connectivity index (χ2n) is 6.92. The fourth-order valence-electron chi connectivity index (χ4n) is 2.84. The fraction of sp³-hybridized carbons (Fsp3) is 0.591. The lowest BCUT2D eigenvalue weighted by atomic mass is 10.0. The summed E-state index contributed by atoms with van der Waals surface area (Å²) < 4.78 is 5.71. The van der Waals surface area contributed by atoms with Gasteiger partial charge in [-0.3, -0.25) is 4.79 Å². The van der Waals surface area contributed by atoms with Crippen LogP contribution in [0, 0.1) is 0 Å². The Kier molecular flexibility index (Phi) is 12.4. The standard InChI is InChI=1S/C22H34O6/c1-2-3-8-12-18(24)21-16-19(25)20(28-21)15-14-17(23)11-9-6-4-5-7-10-13-22(26)27/h3,5-9,14-15,17-21,23-25H,2,4,10-13,16H2,1H3,(H,26,27)/b7-5-,8-3-,9-6-,15-14+/t17-,18-,19+,20+,21-/m1/s1. The summed E-state index contributed by atoms with van der Waals surface area (Å²) in [5.41, 5.74) is 0. The zero-order valence-electron chi connectivity index (χ0n) is 16.6. The Morgan fingerprint density at radius 1 is 1.11 bits per heavy atom. The number of carboxylic acid groups (broad SMARTS) is 1. The summed E-state index contributed by atoms with van der Waals surface area (Å²) >= 11 is 0. The van der Waals surface area contributed by atoms with Crippen LogP contribution in [0.5, 0.6) is 0 Å². The Morgan fingerprint density at radius 3 is 2.54 bits per heavy atom. The predicted octanol–water partition coefficient (Wildman–Crippen LogP) is 2.90. The van der Waals surface area contributed by atoms with Gasteiger partial charge in [0.05, 0.1) is 24.4 Å². The van der Waals surface area contributed by atoms with Gasteiger partial charge in [-0.1, -0.05) is 55.5 Å². The number of allylic oxidation sites excluding steroid dienone is 4. The maximum Gasteiger partial charge on any atom is 0.303 e. The fourth-order valence-corrected chi connectivity index (χ4v) is 2.84. The number of aliphatic hydroxyl groups is 3. The Balaban J connectivity index is 2.29. The number of carbonyl (C=O) groups is 1. The van der Waals surface area contributed by atoms with Crippen molar-refractivity contribution in [2.45, 2.75) is 82.4 Å². The Labute approximate surface area is 167 Å². The van der Waals surface area contributed by atoms with Crippen molar-refractivity contribution in [1.29, 1.82) is 0 Å². The van der Waals surface area contributed by atoms with Crippen LogP contribution in [0.4, 0.5) is 0 Å². The smallest absolute Gasteiger partial charge is 0.303 e. The van der Waals surface area contributed by atoms with E-state index in [-0.39, 0.29) is 6.42 Å². The van der Waals surface area contributed by atoms with Gasteiger partial charge < -0.3 is 25.2 Å². The molecule has 4 N–H and O–H groups in total. The number of rotatable bonds is 13. The SMILES string of the molecule is CC/C=C\C[C@@H](O)[C@H]1C[C@H](O)[C@H](/C=C/[C@H](O)C/C=C\C/C=C\CCC(=O)O)O1. The van der Waals surface area contributed by atoms with E-state index in [0.717, 1.165) is 6.42 Å². The molecule has 1 aliphatic heterocycles. The Bertz CT molecular complexity index is 551. The molecule has 5 atom stereocenters. The molecule has 158 valence electrons. The topological polar surface area (TPSA) is 107 Å². The van der Waals surface area contributed by atoms with Gasteiger partial charge in [-0.25, -0.2) is 0 Å². The molecule has 1 heterocycles. The molecular weight excluding hydrogens is 360 g/mol. The van der Waals surface area contributed by atoms with Crippen molar-refractivity contribution < 1.29 is 30.0 Å². The first-order valence-electron chi connectivity index (χ1n) is 9.98. The molecule has 0 spiro atoms. The lowest BCUT2D eigenvalue weighted by molar-refractivity contribution is -0.136. The number of hydrogen-bond donors (Lipinski definition) is 4. The van der Waals surface area contributed by atoms with Gasteiger partial charge in [0.2, 0.25) is 0 Å². The van der Waals surface area contributed by atoms with Crippen LogP contribution in [0.3, 0.4) is 0 Å². The van der Waals surface area contributed by atoms with Crippen molar-refractivity contribution in [1.82, 2.24) is 0 Å². The lowest BCUT2D eigenvalue weighted by Crippen LogP contribution is -2.25. The second-order valence-corrected chi connectivity index (χ2v) is 6.92. The number of ether oxygens (including phenoxy) is 1. The molecule has 6 heteroatoms. The molecule has 0 aromatic rings. The van der Waals surface area contributed by atoms with Gasteiger partial charge in [0.15, 0.2) is 0 Å². The van der Waals surface area contributed by atoms with Crippen LogP contribution in [0.2, 0.25) is 0 Å². The molecule has 1 saturated heterocycles. The Hall–Kier alpha value is -1.73. The molecule has 0 aromatic carbocycles. The maximum atomic E-state index is 10.4. The molecule has 1 aliphatic rings. The quantitative estimate of drug-likeness (QED) is 0.358. The average molecular weight is 395 g/mol. The molecule has 1 fully saturated rings. The summed E-state index contributed by atoms with van der Waals surface area (Å²) in [7, 11) is 0. The highest BCUT2D eigenvalue weighted by atomic mass is 16.5. The Morgan fingerprint density at radius 2 is 1.82 bits per heavy atom. The van der Waals surface area contributed by atoms with Crippen LogP contribution in [0.15, 0.2) is 48.6 Å². The number of hydrogen-bond acceptors (Lipinski definition) is 5. The van der Waals surface area contributed by atoms with E-state index in [0.29, 0.717) is 32.1 Å². The summed E-state index contributed by atoms with van der Waals surface area (Å²) in [5, 5.41) is 38.8. The molecular formula is C22H34O6. The van der Waals surface area contributed by atoms with Crippen molar-refractivity contribution in [2.75, 3.05) is 0 Å². The van der Waals surface area contributed by atoms with Crippen molar-refractivity contribution >= 4 is 5.97 Å². The number of aliphatic hydroxyl groups excluding tert-OH is 3. The van der Waals surface area contributed by atoms with Crippen LogP contribution in [-0.2, 0) is 9.53 Å². The lowest BCUT2D eigenvalue weighted by Gasteiger charge is -2.16. The molecule has 0 amide bonds. The van der Waals surface area contributed by atoms with Crippen LogP contribution in [-0.4, -0.2) is 56.9 Å². The van der Waals surface area contributed by atoms with E-state index in [1.165, 1.54) is 0 Å². The predicted molar refractivity (Wildman–Crippen MR) is 109 cm³/mol. The first-order valence-corrected chi connectivity index (χ1v) is 9.98. The van der Waals surface area contributed by atoms with Crippen molar-refractivity contribution in [3.05, 3.63) is 48.6 Å². The van der Waals surface area contributed by atoms with E-state index < -0.39 is 36.5 Å². The van der Waals surface area contributed by atoms with Crippen molar-refractivity contribution in [3.8, 4) is 0 Å². The highest BCUT2D eigenvalue weighted by Gasteiger charge is 2.35. The van der Waals surface area contributed by atoms with E-state index in [2.05, 4.69) is 0 Å². The summed E-state index contributed by atoms with van der Waals surface area (Å²) in [6.45, 7) is 2.03. The minimum Gasteiger partial charge on any atom is -0.481 e. The summed E-state index contributed by atoms with van der Waals surface area (Å²) in [4.78, 5) is 10.4. The third kappa shape index (κ3) is 10.6. The first kappa shape index (κ1) is 24.3. The second kappa shape index (κ2) is 14.3. The van der Waals surface area contributed by atoms with Crippen LogP contribution >= 0.6 is 0 Å². The summed E-state index contributed by atoms with van der Waals surface area (Å²) in [5.74, 6) is -0.805. The molecule has 28 heavy (non-hydrogen) atoms. The zero-order valence-corrected chi connectivity index (χ0v) is 16.6. The third-order valence-corrected chi connectivity index (χ3v) is 4.42. The van der Waals surface area contributed by atoms with Gasteiger partial charge in [-0.05, 0) is 32.1 Å². The number of carboxylic acids is 1. The van der Waals surface area contributed by atoms with E-state index in [1.807, 2.05) is 43.4 Å². The van der Waals surface area contributed by atoms with Crippen LogP contribution in [0.25, 0.3) is 0 Å². The monoisotopic (exact) mass is 394 g/mol. The molecule has 0 unspecified atom stereocenters. The number of aliphatic carboxylic acids is 1. The molecule has 0 aliphatic carbocycles. The van der Waals surface area contributed by atoms with Gasteiger partial charge in [0.25, 0.3) is 0 Å². The average Bonchev–Trinajstić information content (AvgIpc) is 3.03. The highest BCUT2D eigenvalue weighted by Crippen LogP contribution is 2.25. The zero-order chi connectivity index (χ0) is 20.8. The van der Waals surface area contributed by atoms with E-state index in [1.54, 1.807) is 12.2 Å². The first-order chi connectivity index (χ1) is 13.4. The van der Waals surface area contributed by atoms with Gasteiger partial charge in [0.1, 0.15) is 6.10 Å². The largest absolute Gasteiger partial charge is 0.481 e. The minimum absolute atomic E-state index is 0.131. The third-order valence-electron chi connectivity index (χ3n) is 4.42. The maximum absolute atomic E-state index is 10.4. The van der Waals surface area contributed by atoms with E-state index >= 15 is 0 Å². The summed E-state index contributed by atoms with van der Waals surface area (Å²) in [6, 6.07) is 0. The van der Waals surface area contributed by atoms with Gasteiger partial charge in [0, 0.05) is 12.8 Å². The van der Waals surface area contributed by atoms with Gasteiger partial charge in [-0.2, -0.15) is 0 Å². The summed E-state index contributed by atoms with van der Waals surface area (Å²) in [6.07, 6.45) is 15.3. The molecule has 0 radical (unpaired) electrons. The minimum atomic E-state index is -0.805. The van der Waals surface area contributed by atoms with Gasteiger partial charge >= 0.3 is 5.97 Å². The van der Waals surface area contributed by atoms with Gasteiger partial charge in [-0.15, -0.1) is 0 Å². The highest BCUT2D eigenvalue weighted by molar-refractivity contribution is 5.66. The van der Waals surface area contributed by atoms with Crippen molar-refractivity contribution in [2.24, 2.45) is 0 Å². The molecule has 6 nitrogen and oxygen atoms in total. The van der Waals surface area contributed by atoms with E-state index in [9.17, 15) is 20.1 Å². The normalized spacial score (nSPS) is 25.5.